The fourth-order valence-corrected chi connectivity index (χ4v) is 3.74. The molecule has 2 unspecified atom stereocenters. The smallest absolute Gasteiger partial charge is 0.0302 e. The molecule has 1 aliphatic carbocycles. The Morgan fingerprint density at radius 3 is 2.56 bits per heavy atom. The molecule has 1 aromatic rings. The van der Waals surface area contributed by atoms with Crippen molar-refractivity contribution in [2.75, 3.05) is 0 Å². The van der Waals surface area contributed by atoms with E-state index in [9.17, 15) is 0 Å². The molecule has 2 rings (SSSR count). The van der Waals surface area contributed by atoms with E-state index in [0.717, 1.165) is 18.5 Å². The summed E-state index contributed by atoms with van der Waals surface area (Å²) in [6.45, 7) is 10.3. The van der Waals surface area contributed by atoms with Gasteiger partial charge < -0.3 is 5.32 Å². The van der Waals surface area contributed by atoms with Crippen molar-refractivity contribution in [1.82, 2.24) is 5.32 Å². The lowest BCUT2D eigenvalue weighted by atomic mass is 9.86. The van der Waals surface area contributed by atoms with Gasteiger partial charge in [0.25, 0.3) is 0 Å². The molecule has 1 nitrogen and oxygen atoms in total. The second-order valence-electron chi connectivity index (χ2n) is 6.77. The minimum absolute atomic E-state index is 0.293. The molecule has 102 valence electrons. The lowest BCUT2D eigenvalue weighted by molar-refractivity contribution is 0.280. The summed E-state index contributed by atoms with van der Waals surface area (Å²) in [6.07, 6.45) is 5.58. The van der Waals surface area contributed by atoms with Crippen LogP contribution in [0.5, 0.6) is 0 Å². The largest absolute Gasteiger partial charge is 0.309 e. The molecule has 0 bridgehead atoms. The molecule has 1 heterocycles. The normalized spacial score (nSPS) is 25.3. The molecule has 0 saturated heterocycles. The Balaban J connectivity index is 1.88. The molecule has 1 fully saturated rings. The van der Waals surface area contributed by atoms with Gasteiger partial charge in [0, 0.05) is 22.3 Å². The van der Waals surface area contributed by atoms with Gasteiger partial charge in [0.2, 0.25) is 0 Å². The van der Waals surface area contributed by atoms with E-state index in [1.54, 1.807) is 0 Å². The lowest BCUT2D eigenvalue weighted by Crippen LogP contribution is -2.36. The van der Waals surface area contributed by atoms with Crippen molar-refractivity contribution >= 4 is 11.3 Å². The molecule has 0 aromatic carbocycles. The minimum atomic E-state index is 0.293. The molecule has 0 radical (unpaired) electrons. The molecule has 1 saturated carbocycles. The molecule has 0 amide bonds. The van der Waals surface area contributed by atoms with E-state index in [4.69, 9.17) is 0 Å². The second kappa shape index (κ2) is 5.75. The first-order chi connectivity index (χ1) is 8.47. The Bertz CT molecular complexity index is 375. The number of rotatable bonds is 3. The highest BCUT2D eigenvalue weighted by Gasteiger charge is 2.21. The topological polar surface area (TPSA) is 12.0 Å². The van der Waals surface area contributed by atoms with Crippen molar-refractivity contribution in [3.63, 3.8) is 0 Å². The van der Waals surface area contributed by atoms with E-state index < -0.39 is 0 Å². The second-order valence-corrected chi connectivity index (χ2v) is 7.93. The molecule has 1 aliphatic rings. The first kappa shape index (κ1) is 14.1. The van der Waals surface area contributed by atoms with E-state index in [1.807, 2.05) is 11.3 Å². The van der Waals surface area contributed by atoms with E-state index in [0.29, 0.717) is 5.41 Å². The standard InChI is InChI=1S/C16H27NS/c1-12-7-5-6-8-14(12)17-11-13-9-10-15(18-13)16(2,3)4/h9-10,12,14,17H,5-8,11H2,1-4H3. The highest BCUT2D eigenvalue weighted by Crippen LogP contribution is 2.30. The van der Waals surface area contributed by atoms with E-state index in [-0.39, 0.29) is 0 Å². The number of nitrogens with one attached hydrogen (secondary N) is 1. The Labute approximate surface area is 116 Å². The Morgan fingerprint density at radius 2 is 1.94 bits per heavy atom. The summed E-state index contributed by atoms with van der Waals surface area (Å²) in [5.41, 5.74) is 0.293. The monoisotopic (exact) mass is 265 g/mol. The molecule has 2 atom stereocenters. The zero-order valence-electron chi connectivity index (χ0n) is 12.3. The zero-order chi connectivity index (χ0) is 13.2. The molecule has 2 heteroatoms. The molecule has 0 spiro atoms. The van der Waals surface area contributed by atoms with Gasteiger partial charge in [-0.1, -0.05) is 40.5 Å². The zero-order valence-corrected chi connectivity index (χ0v) is 13.1. The summed E-state index contributed by atoms with van der Waals surface area (Å²) in [6, 6.07) is 5.33. The van der Waals surface area contributed by atoms with Gasteiger partial charge in [0.1, 0.15) is 0 Å². The maximum atomic E-state index is 3.76. The van der Waals surface area contributed by atoms with Crippen LogP contribution in [-0.2, 0) is 12.0 Å². The molecule has 1 aromatic heterocycles. The number of hydrogen-bond acceptors (Lipinski definition) is 2. The summed E-state index contributed by atoms with van der Waals surface area (Å²) in [4.78, 5) is 2.98. The fraction of sp³-hybridized carbons (Fsp3) is 0.750. The average Bonchev–Trinajstić information content (AvgIpc) is 2.76. The van der Waals surface area contributed by atoms with Crippen LogP contribution in [0.15, 0.2) is 12.1 Å². The van der Waals surface area contributed by atoms with Crippen molar-refractivity contribution in [2.45, 2.75) is 71.4 Å². The quantitative estimate of drug-likeness (QED) is 0.834. The third-order valence-electron chi connectivity index (χ3n) is 4.05. The van der Waals surface area contributed by atoms with Crippen molar-refractivity contribution in [3.8, 4) is 0 Å². The highest BCUT2D eigenvalue weighted by atomic mass is 32.1. The van der Waals surface area contributed by atoms with Gasteiger partial charge in [0.05, 0.1) is 0 Å². The summed E-state index contributed by atoms with van der Waals surface area (Å²) < 4.78 is 0. The van der Waals surface area contributed by atoms with Crippen LogP contribution in [0.1, 0.15) is 63.1 Å². The van der Waals surface area contributed by atoms with Crippen molar-refractivity contribution in [1.29, 1.82) is 0 Å². The predicted octanol–water partition coefficient (Wildman–Crippen LogP) is 4.71. The first-order valence-corrected chi connectivity index (χ1v) is 8.11. The number of thiophene rings is 1. The van der Waals surface area contributed by atoms with Gasteiger partial charge in [-0.2, -0.15) is 0 Å². The van der Waals surface area contributed by atoms with Gasteiger partial charge in [-0.15, -0.1) is 11.3 Å². The van der Waals surface area contributed by atoms with Crippen LogP contribution in [0.2, 0.25) is 0 Å². The summed E-state index contributed by atoms with van der Waals surface area (Å²) in [5.74, 6) is 0.848. The Kier molecular flexibility index (Phi) is 4.50. The number of hydrogen-bond donors (Lipinski definition) is 1. The fourth-order valence-electron chi connectivity index (χ4n) is 2.73. The predicted molar refractivity (Wildman–Crippen MR) is 81.3 cm³/mol. The maximum Gasteiger partial charge on any atom is 0.0302 e. The highest BCUT2D eigenvalue weighted by molar-refractivity contribution is 7.12. The molecule has 1 N–H and O–H groups in total. The minimum Gasteiger partial charge on any atom is -0.309 e. The SMILES string of the molecule is CC1CCCCC1NCc1ccc(C(C)(C)C)s1. The average molecular weight is 265 g/mol. The Hall–Kier alpha value is -0.340. The van der Waals surface area contributed by atoms with Crippen LogP contribution < -0.4 is 5.32 Å². The van der Waals surface area contributed by atoms with Crippen LogP contribution >= 0.6 is 11.3 Å². The van der Waals surface area contributed by atoms with Crippen LogP contribution in [0.4, 0.5) is 0 Å². The third kappa shape index (κ3) is 3.58. The third-order valence-corrected chi connectivity index (χ3v) is 5.56. The van der Waals surface area contributed by atoms with Gasteiger partial charge in [-0.25, -0.2) is 0 Å². The van der Waals surface area contributed by atoms with Gasteiger partial charge in [-0.05, 0) is 36.3 Å². The lowest BCUT2D eigenvalue weighted by Gasteiger charge is -2.29. The molecule has 0 aliphatic heterocycles. The molecule has 18 heavy (non-hydrogen) atoms. The van der Waals surface area contributed by atoms with Crippen molar-refractivity contribution in [2.24, 2.45) is 5.92 Å². The summed E-state index contributed by atoms with van der Waals surface area (Å²) in [5, 5.41) is 3.76. The van der Waals surface area contributed by atoms with E-state index in [1.165, 1.54) is 35.4 Å². The van der Waals surface area contributed by atoms with Gasteiger partial charge >= 0.3 is 0 Å². The van der Waals surface area contributed by atoms with Gasteiger partial charge in [-0.3, -0.25) is 0 Å². The van der Waals surface area contributed by atoms with E-state index in [2.05, 4.69) is 45.1 Å². The van der Waals surface area contributed by atoms with Gasteiger partial charge in [0.15, 0.2) is 0 Å². The molecular formula is C16H27NS. The van der Waals surface area contributed by atoms with Crippen molar-refractivity contribution in [3.05, 3.63) is 21.9 Å². The van der Waals surface area contributed by atoms with Crippen LogP contribution in [-0.4, -0.2) is 6.04 Å². The first-order valence-electron chi connectivity index (χ1n) is 7.29. The van der Waals surface area contributed by atoms with Crippen molar-refractivity contribution < 1.29 is 0 Å². The summed E-state index contributed by atoms with van der Waals surface area (Å²) >= 11 is 1.97. The van der Waals surface area contributed by atoms with Crippen LogP contribution in [0.3, 0.4) is 0 Å². The summed E-state index contributed by atoms with van der Waals surface area (Å²) in [7, 11) is 0. The van der Waals surface area contributed by atoms with E-state index >= 15 is 0 Å². The van der Waals surface area contributed by atoms with Crippen LogP contribution in [0, 0.1) is 5.92 Å². The van der Waals surface area contributed by atoms with Crippen LogP contribution in [0.25, 0.3) is 0 Å². The molecular weight excluding hydrogens is 238 g/mol. The Morgan fingerprint density at radius 1 is 1.22 bits per heavy atom. The maximum absolute atomic E-state index is 3.76.